The topological polar surface area (TPSA) is 72.6 Å². The Morgan fingerprint density at radius 1 is 1.38 bits per heavy atom. The number of benzene rings is 1. The summed E-state index contributed by atoms with van der Waals surface area (Å²) in [5.74, 6) is 0. The summed E-state index contributed by atoms with van der Waals surface area (Å²) >= 11 is 16.7. The van der Waals surface area contributed by atoms with E-state index in [0.29, 0.717) is 0 Å². The van der Waals surface area contributed by atoms with Gasteiger partial charge in [-0.2, -0.15) is 4.99 Å². The lowest BCUT2D eigenvalue weighted by Gasteiger charge is -2.11. The van der Waals surface area contributed by atoms with Crippen molar-refractivity contribution in [3.63, 3.8) is 0 Å². The van der Waals surface area contributed by atoms with E-state index in [1.54, 1.807) is 0 Å². The van der Waals surface area contributed by atoms with E-state index >= 15 is 0 Å². The van der Waals surface area contributed by atoms with Crippen LogP contribution in [-0.4, -0.2) is 11.0 Å². The quantitative estimate of drug-likeness (QED) is 0.274. The third-order valence-electron chi connectivity index (χ3n) is 1.66. The van der Waals surface area contributed by atoms with Crippen LogP contribution in [0.15, 0.2) is 23.2 Å². The second-order valence-electron chi connectivity index (χ2n) is 2.66. The summed E-state index contributed by atoms with van der Waals surface area (Å²) in [6.45, 7) is 0. The maximum absolute atomic E-state index is 10.7. The Balaban J connectivity index is 3.42. The molecule has 0 amide bonds. The fourth-order valence-electron chi connectivity index (χ4n) is 1.03. The minimum absolute atomic E-state index is 0.0692. The molecule has 0 N–H and O–H groups in total. The molecule has 8 heteroatoms. The van der Waals surface area contributed by atoms with Gasteiger partial charge in [0.05, 0.1) is 16.2 Å². The van der Waals surface area contributed by atoms with E-state index < -0.39 is 14.4 Å². The van der Waals surface area contributed by atoms with Gasteiger partial charge >= 0.3 is 0 Å². The summed E-state index contributed by atoms with van der Waals surface area (Å²) < 4.78 is -1.91. The number of hydrogen-bond donors (Lipinski definition) is 0. The normalized spacial score (nSPS) is 10.7. The van der Waals surface area contributed by atoms with Gasteiger partial charge < -0.3 is 0 Å². The Morgan fingerprint density at radius 2 is 2.00 bits per heavy atom. The van der Waals surface area contributed by atoms with Crippen molar-refractivity contribution in [3.8, 4) is 0 Å². The maximum atomic E-state index is 10.7. The van der Waals surface area contributed by atoms with Crippen molar-refractivity contribution in [1.82, 2.24) is 0 Å². The summed E-state index contributed by atoms with van der Waals surface area (Å²) in [6, 6.07) is 3.57. The third-order valence-corrected chi connectivity index (χ3v) is 2.27. The van der Waals surface area contributed by atoms with Gasteiger partial charge in [0.1, 0.15) is 0 Å². The lowest BCUT2D eigenvalue weighted by Crippen LogP contribution is -2.04. The molecular formula is C8H3Cl3N2O3. The largest absolute Gasteiger partial charge is 0.279 e. The molecule has 0 unspecified atom stereocenters. The molecule has 16 heavy (non-hydrogen) atoms. The van der Waals surface area contributed by atoms with Crippen molar-refractivity contribution in [2.45, 2.75) is 3.79 Å². The van der Waals surface area contributed by atoms with E-state index in [1.165, 1.54) is 18.2 Å². The molecule has 0 fully saturated rings. The Hall–Kier alpha value is -1.13. The molecule has 0 aliphatic carbocycles. The van der Waals surface area contributed by atoms with Crippen molar-refractivity contribution in [3.05, 3.63) is 33.9 Å². The molecule has 0 spiro atoms. The van der Waals surface area contributed by atoms with Gasteiger partial charge in [0.2, 0.25) is 9.87 Å². The molecule has 0 aliphatic rings. The first kappa shape index (κ1) is 12.9. The van der Waals surface area contributed by atoms with Gasteiger partial charge in [-0.25, -0.2) is 4.79 Å². The number of nitro benzene ring substituents is 1. The highest BCUT2D eigenvalue weighted by atomic mass is 35.6. The fourth-order valence-corrected chi connectivity index (χ4v) is 1.51. The van der Waals surface area contributed by atoms with Crippen molar-refractivity contribution in [2.75, 3.05) is 0 Å². The van der Waals surface area contributed by atoms with E-state index in [0.717, 1.165) is 6.07 Å². The van der Waals surface area contributed by atoms with Gasteiger partial charge in [0, 0.05) is 6.07 Å². The minimum Gasteiger partial charge on any atom is -0.258 e. The number of halogens is 3. The van der Waals surface area contributed by atoms with Crippen molar-refractivity contribution >= 4 is 52.3 Å². The van der Waals surface area contributed by atoms with E-state index in [-0.39, 0.29) is 11.3 Å². The summed E-state index contributed by atoms with van der Waals surface area (Å²) in [6.07, 6.45) is 1.26. The smallest absolute Gasteiger partial charge is 0.258 e. The summed E-state index contributed by atoms with van der Waals surface area (Å²) in [5.41, 5.74) is -0.441. The average molecular weight is 281 g/mol. The van der Waals surface area contributed by atoms with E-state index in [9.17, 15) is 14.9 Å². The zero-order valence-electron chi connectivity index (χ0n) is 7.49. The number of isocyanates is 1. The molecule has 0 heterocycles. The van der Waals surface area contributed by atoms with Crippen LogP contribution >= 0.6 is 34.8 Å². The van der Waals surface area contributed by atoms with Gasteiger partial charge in [-0.15, -0.1) is 0 Å². The highest BCUT2D eigenvalue weighted by Crippen LogP contribution is 2.43. The van der Waals surface area contributed by atoms with Crippen LogP contribution in [0.1, 0.15) is 5.56 Å². The third kappa shape index (κ3) is 2.93. The van der Waals surface area contributed by atoms with Crippen LogP contribution in [0.4, 0.5) is 11.4 Å². The van der Waals surface area contributed by atoms with E-state index in [1.807, 2.05) is 0 Å². The molecule has 84 valence electrons. The predicted molar refractivity (Wildman–Crippen MR) is 60.1 cm³/mol. The second kappa shape index (κ2) is 4.80. The highest BCUT2D eigenvalue weighted by Gasteiger charge is 2.31. The number of carbonyl (C=O) groups excluding carboxylic acids is 1. The van der Waals surface area contributed by atoms with Gasteiger partial charge in [0.25, 0.3) is 5.69 Å². The predicted octanol–water partition coefficient (Wildman–Crippen LogP) is 3.39. The SMILES string of the molecule is O=C=Nc1ccc(C(Cl)(Cl)Cl)c([N+](=O)[O-])c1. The number of rotatable bonds is 2. The van der Waals surface area contributed by atoms with Gasteiger partial charge in [-0.05, 0) is 12.1 Å². The molecule has 5 nitrogen and oxygen atoms in total. The zero-order chi connectivity index (χ0) is 12.3. The number of nitro groups is 1. The summed E-state index contributed by atoms with van der Waals surface area (Å²) in [4.78, 5) is 23.2. The van der Waals surface area contributed by atoms with Crippen molar-refractivity contribution < 1.29 is 9.72 Å². The second-order valence-corrected chi connectivity index (χ2v) is 4.94. The van der Waals surface area contributed by atoms with Gasteiger partial charge in [-0.3, -0.25) is 10.1 Å². The Kier molecular flexibility index (Phi) is 3.88. The van der Waals surface area contributed by atoms with Crippen LogP contribution in [0, 0.1) is 10.1 Å². The van der Waals surface area contributed by atoms with Crippen LogP contribution in [0.2, 0.25) is 0 Å². The summed E-state index contributed by atoms with van der Waals surface area (Å²) in [5, 5.41) is 10.7. The van der Waals surface area contributed by atoms with Crippen molar-refractivity contribution in [2.24, 2.45) is 4.99 Å². The maximum Gasteiger partial charge on any atom is 0.279 e. The standard InChI is InChI=1S/C8H3Cl3N2O3/c9-8(10,11)6-2-1-5(12-4-14)3-7(6)13(15)16/h1-3H. The van der Waals surface area contributed by atoms with Crippen LogP contribution < -0.4 is 0 Å². The molecule has 1 aromatic rings. The number of hydrogen-bond acceptors (Lipinski definition) is 4. The minimum atomic E-state index is -1.91. The lowest BCUT2D eigenvalue weighted by atomic mass is 10.2. The fraction of sp³-hybridized carbons (Fsp3) is 0.125. The summed E-state index contributed by atoms with van der Waals surface area (Å²) in [7, 11) is 0. The van der Waals surface area contributed by atoms with Crippen molar-refractivity contribution in [1.29, 1.82) is 0 Å². The molecule has 0 saturated heterocycles. The average Bonchev–Trinajstić information content (AvgIpc) is 2.16. The van der Waals surface area contributed by atoms with Crippen LogP contribution in [0.25, 0.3) is 0 Å². The molecule has 0 aliphatic heterocycles. The molecular weight excluding hydrogens is 278 g/mol. The molecule has 1 rings (SSSR count). The first-order chi connectivity index (χ1) is 7.36. The molecule has 0 aromatic heterocycles. The molecule has 0 bridgehead atoms. The van der Waals surface area contributed by atoms with Gasteiger partial charge in [0.15, 0.2) is 0 Å². The highest BCUT2D eigenvalue weighted by molar-refractivity contribution is 6.67. The van der Waals surface area contributed by atoms with Crippen LogP contribution in [-0.2, 0) is 8.59 Å². The number of aliphatic imine (C=N–C) groups is 1. The van der Waals surface area contributed by atoms with E-state index in [4.69, 9.17) is 34.8 Å². The lowest BCUT2D eigenvalue weighted by molar-refractivity contribution is -0.385. The Bertz CT molecular complexity index is 478. The molecule has 0 saturated carbocycles. The van der Waals surface area contributed by atoms with Crippen LogP contribution in [0.3, 0.4) is 0 Å². The van der Waals surface area contributed by atoms with Gasteiger partial charge in [-0.1, -0.05) is 34.8 Å². The Labute approximate surface area is 105 Å². The zero-order valence-corrected chi connectivity index (χ0v) is 9.75. The first-order valence-corrected chi connectivity index (χ1v) is 4.93. The monoisotopic (exact) mass is 280 g/mol. The number of alkyl halides is 3. The van der Waals surface area contributed by atoms with E-state index in [2.05, 4.69) is 4.99 Å². The molecule has 1 aromatic carbocycles. The Morgan fingerprint density at radius 3 is 2.44 bits per heavy atom. The number of nitrogens with zero attached hydrogens (tertiary/aromatic N) is 2. The molecule has 0 radical (unpaired) electrons. The first-order valence-electron chi connectivity index (χ1n) is 3.80. The van der Waals surface area contributed by atoms with Crippen LogP contribution in [0.5, 0.6) is 0 Å². The molecule has 0 atom stereocenters.